The number of nitrogens with zero attached hydrogens (tertiary/aromatic N) is 4. The number of urea groups is 1. The van der Waals surface area contributed by atoms with E-state index in [-0.39, 0.29) is 92.9 Å². The number of carbonyl (C=O) groups is 7. The van der Waals surface area contributed by atoms with E-state index in [2.05, 4.69) is 37.3 Å². The number of hydrogen-bond acceptors (Lipinski definition) is 13. The van der Waals surface area contributed by atoms with E-state index < -0.39 is 53.7 Å². The van der Waals surface area contributed by atoms with Gasteiger partial charge in [-0.25, -0.2) is 24.2 Å². The summed E-state index contributed by atoms with van der Waals surface area (Å²) in [6.45, 7) is 7.48. The molecule has 71 heavy (non-hydrogen) atoms. The number of fused-ring (bicyclic) bond motifs is 5. The number of nitrogens with one attached hydrogen (secondary N) is 4. The number of esters is 1. The zero-order valence-electron chi connectivity index (χ0n) is 40.5. The van der Waals surface area contributed by atoms with Crippen LogP contribution in [0.2, 0.25) is 5.32 Å². The summed E-state index contributed by atoms with van der Waals surface area (Å²) in [5.41, 5.74) is 7.74. The van der Waals surface area contributed by atoms with E-state index in [0.29, 0.717) is 46.3 Å². The zero-order valence-corrected chi connectivity index (χ0v) is 42.3. The summed E-state index contributed by atoms with van der Waals surface area (Å²) in [6, 6.07) is 10.7. The first-order valence-corrected chi connectivity index (χ1v) is 24.6. The van der Waals surface area contributed by atoms with Gasteiger partial charge in [0, 0.05) is 43.7 Å². The Bertz CT molecular complexity index is 2770. The Morgan fingerprint density at radius 2 is 1.66 bits per heavy atom. The molecule has 22 heteroatoms. The molecule has 0 saturated heterocycles. The molecule has 2 aliphatic rings. The fraction of sp³-hybridized carbons (Fsp3) is 0.449. The average Bonchev–Trinajstić information content (AvgIpc) is 3.71. The van der Waals surface area contributed by atoms with Crippen LogP contribution in [0, 0.1) is 5.92 Å². The van der Waals surface area contributed by atoms with Gasteiger partial charge in [-0.05, 0) is 48.2 Å². The Labute approximate surface area is 418 Å². The van der Waals surface area contributed by atoms with E-state index in [1.807, 2.05) is 6.92 Å². The second kappa shape index (κ2) is 23.3. The van der Waals surface area contributed by atoms with Crippen LogP contribution < -0.4 is 37.3 Å². The van der Waals surface area contributed by atoms with Crippen molar-refractivity contribution in [1.82, 2.24) is 35.3 Å². The second-order valence-electron chi connectivity index (χ2n) is 17.7. The number of anilines is 1. The minimum absolute atomic E-state index is 0.0317. The van der Waals surface area contributed by atoms with Gasteiger partial charge in [0.25, 0.3) is 5.56 Å². The Balaban J connectivity index is 1.01. The monoisotopic (exact) mass is 1050 g/mol. The molecule has 0 bridgehead atoms. The summed E-state index contributed by atoms with van der Waals surface area (Å²) in [5.74, 6) is -2.16. The summed E-state index contributed by atoms with van der Waals surface area (Å²) in [7, 11) is 3.06. The van der Waals surface area contributed by atoms with E-state index >= 15 is 0 Å². The molecule has 4 heterocycles. The maximum absolute atomic E-state index is 13.7. The fourth-order valence-corrected chi connectivity index (χ4v) is 8.75. The normalized spacial score (nSPS) is 15.3. The number of benzene rings is 2. The standard InChI is InChI=1S/C49H60N9O12Se/c1-7-31-32-22-30(15-16-36(32)53-41-33(31)24-58-38(41)23-35-34(44(58)62)26-68-45(63)49(35,67)8-2)70-48(66)57(6)20-19-56(5)47(65)69-25-28-11-13-29(14-12-28)52-42(60)37(10-9-18-51-46(50)64)54-43(61)40(27(3)4)55-39(59)17-21-71/h11-16,22-23,27,37,40,67H,7-10,17-21,24-26H2,1-6H3,(H,52,60)(H,54,61)(H,55,59)(H3,50,51,64)/t37-,40-,49-/m0/s1. The third-order valence-electron chi connectivity index (χ3n) is 12.5. The molecule has 21 nitrogen and oxygen atoms in total. The van der Waals surface area contributed by atoms with Crippen LogP contribution in [0.3, 0.4) is 0 Å². The van der Waals surface area contributed by atoms with Gasteiger partial charge >= 0.3 is 174 Å². The third-order valence-corrected chi connectivity index (χ3v) is 12.9. The molecular formula is C49H60N9O12Se. The molecule has 0 spiro atoms. The number of ether oxygens (including phenoxy) is 3. The van der Waals surface area contributed by atoms with Crippen molar-refractivity contribution in [2.45, 2.75) is 103 Å². The van der Waals surface area contributed by atoms with Gasteiger partial charge in [0.15, 0.2) is 5.60 Å². The van der Waals surface area contributed by atoms with Crippen molar-refractivity contribution in [3.63, 3.8) is 0 Å². The van der Waals surface area contributed by atoms with E-state index in [1.165, 1.54) is 23.9 Å². The average molecular weight is 1050 g/mol. The molecule has 7 amide bonds. The molecule has 6 rings (SSSR count). The number of aliphatic hydroxyl groups is 1. The van der Waals surface area contributed by atoms with Gasteiger partial charge in [-0.2, -0.15) is 0 Å². The fourth-order valence-electron chi connectivity index (χ4n) is 8.36. The van der Waals surface area contributed by atoms with Crippen LogP contribution in [0.25, 0.3) is 22.3 Å². The van der Waals surface area contributed by atoms with Crippen LogP contribution in [0.1, 0.15) is 81.2 Å². The van der Waals surface area contributed by atoms with Gasteiger partial charge in [0.2, 0.25) is 0 Å². The van der Waals surface area contributed by atoms with Gasteiger partial charge in [-0.1, -0.05) is 26.0 Å². The topological polar surface area (TPSA) is 283 Å². The molecule has 0 aliphatic carbocycles. The number of amides is 7. The summed E-state index contributed by atoms with van der Waals surface area (Å²) in [6.07, 6.45) is -0.0414. The number of nitrogens with two attached hydrogens (primary N) is 1. The number of carbonyl (C=O) groups excluding carboxylic acids is 7. The summed E-state index contributed by atoms with van der Waals surface area (Å²) in [4.78, 5) is 110. The molecule has 2 aliphatic heterocycles. The summed E-state index contributed by atoms with van der Waals surface area (Å²) >= 11 is 2.76. The van der Waals surface area contributed by atoms with Crippen molar-refractivity contribution in [3.05, 3.63) is 86.7 Å². The molecular weight excluding hydrogens is 986 g/mol. The van der Waals surface area contributed by atoms with E-state index in [4.69, 9.17) is 24.9 Å². The Morgan fingerprint density at radius 1 is 0.958 bits per heavy atom. The smallest absolute Gasteiger partial charge is 0.458 e. The van der Waals surface area contributed by atoms with Crippen molar-refractivity contribution in [2.24, 2.45) is 11.7 Å². The third kappa shape index (κ3) is 12.3. The first kappa shape index (κ1) is 53.3. The predicted molar refractivity (Wildman–Crippen MR) is 261 cm³/mol. The van der Waals surface area contributed by atoms with Crippen LogP contribution in [0.5, 0.6) is 5.75 Å². The number of aromatic nitrogens is 2. The van der Waals surface area contributed by atoms with Crippen LogP contribution in [0.15, 0.2) is 53.3 Å². The Hall–Kier alpha value is -7.03. The van der Waals surface area contributed by atoms with Crippen molar-refractivity contribution < 1.29 is 52.9 Å². The van der Waals surface area contributed by atoms with Gasteiger partial charge in [-0.3, -0.25) is 4.79 Å². The van der Waals surface area contributed by atoms with Crippen molar-refractivity contribution >= 4 is 74.5 Å². The van der Waals surface area contributed by atoms with Crippen LogP contribution in [0.4, 0.5) is 20.1 Å². The summed E-state index contributed by atoms with van der Waals surface area (Å²) < 4.78 is 18.0. The van der Waals surface area contributed by atoms with Gasteiger partial charge in [0.05, 0.1) is 29.0 Å². The van der Waals surface area contributed by atoms with E-state index in [9.17, 15) is 43.5 Å². The first-order valence-electron chi connectivity index (χ1n) is 23.3. The molecule has 2 aromatic carbocycles. The molecule has 3 atom stereocenters. The van der Waals surface area contributed by atoms with Gasteiger partial charge in [-0.15, -0.1) is 0 Å². The van der Waals surface area contributed by atoms with Crippen LogP contribution in [-0.2, 0) is 60.4 Å². The Kier molecular flexibility index (Phi) is 17.5. The first-order chi connectivity index (χ1) is 33.8. The number of pyridine rings is 2. The minimum Gasteiger partial charge on any atom is -0.458 e. The number of rotatable bonds is 20. The zero-order chi connectivity index (χ0) is 51.7. The van der Waals surface area contributed by atoms with Gasteiger partial charge in [0.1, 0.15) is 19.0 Å². The van der Waals surface area contributed by atoms with Crippen molar-refractivity contribution in [3.8, 4) is 17.1 Å². The van der Waals surface area contributed by atoms with Gasteiger partial charge < -0.3 is 39.4 Å². The quantitative estimate of drug-likeness (QED) is 0.0371. The molecule has 0 fully saturated rings. The predicted octanol–water partition coefficient (Wildman–Crippen LogP) is 3.33. The molecule has 7 N–H and O–H groups in total. The van der Waals surface area contributed by atoms with Crippen LogP contribution in [-0.4, -0.2) is 128 Å². The van der Waals surface area contributed by atoms with E-state index in [0.717, 1.165) is 16.5 Å². The number of cyclic esters (lactones) is 1. The van der Waals surface area contributed by atoms with Crippen LogP contribution >= 0.6 is 0 Å². The number of aryl methyl sites for hydroxylation is 1. The molecule has 379 valence electrons. The number of primary amides is 1. The minimum atomic E-state index is -1.94. The Morgan fingerprint density at radius 3 is 2.31 bits per heavy atom. The second-order valence-corrected chi connectivity index (χ2v) is 18.6. The van der Waals surface area contributed by atoms with Crippen molar-refractivity contribution in [2.75, 3.05) is 39.0 Å². The maximum atomic E-state index is 13.7. The SMILES string of the molecule is CCc1c2c(nc3ccc(OC(=O)N(C)CCN(C)C(=O)OCc4ccc(NC(=O)[C@H](CCCNC(N)=O)NC(=O)[C@@H](NC(=O)CC[Se])C(C)C)cc4)cc13)-c1cc3c(c(=O)n1C2)COC(=O)[C@]3(O)CC. The molecule has 0 unspecified atom stereocenters. The number of likely N-dealkylation sites (N-methyl/N-ethyl adjacent to an activating group) is 2. The molecule has 1 radical (unpaired) electrons. The van der Waals surface area contributed by atoms with E-state index in [1.54, 1.807) is 73.9 Å². The number of hydrogen-bond donors (Lipinski definition) is 6. The molecule has 4 aromatic rings. The molecule has 2 aromatic heterocycles. The molecule has 0 saturated carbocycles. The summed E-state index contributed by atoms with van der Waals surface area (Å²) in [5, 5.41) is 23.2. The van der Waals surface area contributed by atoms with Crippen molar-refractivity contribution in [1.29, 1.82) is 0 Å².